The van der Waals surface area contributed by atoms with Crippen LogP contribution < -0.4 is 10.9 Å². The molecule has 0 saturated carbocycles. The van der Waals surface area contributed by atoms with Gasteiger partial charge in [0, 0.05) is 0 Å². The van der Waals surface area contributed by atoms with Crippen LogP contribution in [0.2, 0.25) is 0 Å². The Labute approximate surface area is 79.6 Å². The predicted octanol–water partition coefficient (Wildman–Crippen LogP) is -0.428. The van der Waals surface area contributed by atoms with Crippen molar-refractivity contribution in [1.82, 2.24) is 0 Å². The summed E-state index contributed by atoms with van der Waals surface area (Å²) in [6.45, 7) is 0. The second-order valence-electron chi connectivity index (χ2n) is 2.55. The van der Waals surface area contributed by atoms with Crippen LogP contribution in [-0.4, -0.2) is 14.3 Å². The number of carbonyl (C=O) groups excluding carboxylic acids is 1. The van der Waals surface area contributed by atoms with Crippen molar-refractivity contribution in [2.24, 2.45) is 10.9 Å². The average Bonchev–Trinajstić information content (AvgIpc) is 2.02. The first-order valence-electron chi connectivity index (χ1n) is 3.44. The maximum Gasteiger partial charge on any atom is 0.251 e. The summed E-state index contributed by atoms with van der Waals surface area (Å²) in [7, 11) is -3.95. The summed E-state index contributed by atoms with van der Waals surface area (Å²) >= 11 is 0. The highest BCUT2D eigenvalue weighted by atomic mass is 32.2. The van der Waals surface area contributed by atoms with Crippen molar-refractivity contribution in [3.05, 3.63) is 29.6 Å². The minimum Gasteiger partial charge on any atom is -0.366 e. The molecule has 0 heterocycles. The molecule has 0 saturated heterocycles. The van der Waals surface area contributed by atoms with Crippen LogP contribution in [-0.2, 0) is 10.0 Å². The standard InChI is InChI=1S/C7H7FN2O3S/c8-6-2-1-4(14(10,12)13)3-5(6)7(9)11/h1-3H,(H2,9,11)(H2,10,12,13). The van der Waals surface area contributed by atoms with Crippen LogP contribution in [0.3, 0.4) is 0 Å². The Bertz CT molecular complexity index is 484. The van der Waals surface area contributed by atoms with Crippen molar-refractivity contribution in [2.45, 2.75) is 4.90 Å². The molecule has 0 radical (unpaired) electrons. The van der Waals surface area contributed by atoms with Gasteiger partial charge in [-0.1, -0.05) is 0 Å². The second-order valence-corrected chi connectivity index (χ2v) is 4.11. The third-order valence-electron chi connectivity index (χ3n) is 1.53. The number of primary amides is 1. The molecule has 1 aromatic rings. The lowest BCUT2D eigenvalue weighted by atomic mass is 10.2. The van der Waals surface area contributed by atoms with Crippen molar-refractivity contribution >= 4 is 15.9 Å². The van der Waals surface area contributed by atoms with Crippen LogP contribution in [0, 0.1) is 5.82 Å². The lowest BCUT2D eigenvalue weighted by molar-refractivity contribution is 0.0996. The number of hydrogen-bond donors (Lipinski definition) is 2. The number of primary sulfonamides is 1. The molecule has 0 spiro atoms. The van der Waals surface area contributed by atoms with E-state index in [2.05, 4.69) is 0 Å². The van der Waals surface area contributed by atoms with Crippen LogP contribution >= 0.6 is 0 Å². The number of rotatable bonds is 2. The van der Waals surface area contributed by atoms with Gasteiger partial charge in [-0.3, -0.25) is 4.79 Å². The monoisotopic (exact) mass is 218 g/mol. The van der Waals surface area contributed by atoms with Crippen molar-refractivity contribution < 1.29 is 17.6 Å². The Morgan fingerprint density at radius 1 is 1.36 bits per heavy atom. The fraction of sp³-hybridized carbons (Fsp3) is 0. The van der Waals surface area contributed by atoms with Crippen molar-refractivity contribution in [3.8, 4) is 0 Å². The first kappa shape index (κ1) is 10.6. The molecule has 0 atom stereocenters. The van der Waals surface area contributed by atoms with Crippen LogP contribution in [0.4, 0.5) is 4.39 Å². The van der Waals surface area contributed by atoms with Gasteiger partial charge in [0.1, 0.15) is 5.82 Å². The summed E-state index contributed by atoms with van der Waals surface area (Å²) in [4.78, 5) is 10.3. The molecule has 76 valence electrons. The first-order chi connectivity index (χ1) is 6.32. The third kappa shape index (κ3) is 2.06. The fourth-order valence-electron chi connectivity index (χ4n) is 0.870. The van der Waals surface area contributed by atoms with E-state index in [1.165, 1.54) is 0 Å². The van der Waals surface area contributed by atoms with Crippen LogP contribution in [0.25, 0.3) is 0 Å². The molecular weight excluding hydrogens is 211 g/mol. The zero-order valence-corrected chi connectivity index (χ0v) is 7.71. The van der Waals surface area contributed by atoms with Gasteiger partial charge in [-0.15, -0.1) is 0 Å². The molecule has 0 aliphatic rings. The smallest absolute Gasteiger partial charge is 0.251 e. The molecule has 0 unspecified atom stereocenters. The SMILES string of the molecule is NC(=O)c1cc(S(N)(=O)=O)ccc1F. The first-order valence-corrected chi connectivity index (χ1v) is 4.99. The maximum atomic E-state index is 12.9. The summed E-state index contributed by atoms with van der Waals surface area (Å²) < 4.78 is 34.5. The molecule has 4 N–H and O–H groups in total. The van der Waals surface area contributed by atoms with Gasteiger partial charge < -0.3 is 5.73 Å². The molecule has 0 aliphatic heterocycles. The Hall–Kier alpha value is -1.47. The van der Waals surface area contributed by atoms with E-state index in [0.717, 1.165) is 18.2 Å². The van der Waals surface area contributed by atoms with Crippen LogP contribution in [0.1, 0.15) is 10.4 Å². The van der Waals surface area contributed by atoms with Crippen molar-refractivity contribution in [2.75, 3.05) is 0 Å². The molecule has 1 amide bonds. The van der Waals surface area contributed by atoms with Crippen molar-refractivity contribution in [3.63, 3.8) is 0 Å². The van der Waals surface area contributed by atoms with E-state index >= 15 is 0 Å². The van der Waals surface area contributed by atoms with E-state index in [-0.39, 0.29) is 4.90 Å². The van der Waals surface area contributed by atoms with E-state index in [4.69, 9.17) is 10.9 Å². The number of amides is 1. The Kier molecular flexibility index (Phi) is 2.54. The number of halogens is 1. The third-order valence-corrected chi connectivity index (χ3v) is 2.44. The number of sulfonamides is 1. The lowest BCUT2D eigenvalue weighted by Gasteiger charge is -2.01. The van der Waals surface area contributed by atoms with Crippen molar-refractivity contribution in [1.29, 1.82) is 0 Å². The Morgan fingerprint density at radius 3 is 2.36 bits per heavy atom. The molecule has 14 heavy (non-hydrogen) atoms. The van der Waals surface area contributed by atoms with Gasteiger partial charge in [-0.2, -0.15) is 0 Å². The van der Waals surface area contributed by atoms with Gasteiger partial charge in [0.2, 0.25) is 10.0 Å². The summed E-state index contributed by atoms with van der Waals surface area (Å²) in [5.41, 5.74) is 4.31. The quantitative estimate of drug-likeness (QED) is 0.703. The largest absolute Gasteiger partial charge is 0.366 e. The number of carbonyl (C=O) groups is 1. The molecule has 1 aromatic carbocycles. The molecule has 0 bridgehead atoms. The zero-order chi connectivity index (χ0) is 10.9. The fourth-order valence-corrected chi connectivity index (χ4v) is 1.41. The lowest BCUT2D eigenvalue weighted by Crippen LogP contribution is -2.17. The van der Waals surface area contributed by atoms with Crippen LogP contribution in [0.5, 0.6) is 0 Å². The predicted molar refractivity (Wildman–Crippen MR) is 46.3 cm³/mol. The summed E-state index contributed by atoms with van der Waals surface area (Å²) in [5.74, 6) is -1.93. The minimum atomic E-state index is -3.95. The maximum absolute atomic E-state index is 12.9. The van der Waals surface area contributed by atoms with Gasteiger partial charge in [-0.05, 0) is 18.2 Å². The molecule has 0 aromatic heterocycles. The normalized spacial score (nSPS) is 11.3. The highest BCUT2D eigenvalue weighted by Crippen LogP contribution is 2.13. The van der Waals surface area contributed by atoms with E-state index in [1.807, 2.05) is 0 Å². The van der Waals surface area contributed by atoms with Crippen LogP contribution in [0.15, 0.2) is 23.1 Å². The van der Waals surface area contributed by atoms with Gasteiger partial charge in [-0.25, -0.2) is 17.9 Å². The molecule has 5 nitrogen and oxygen atoms in total. The highest BCUT2D eigenvalue weighted by Gasteiger charge is 2.14. The number of hydrogen-bond acceptors (Lipinski definition) is 3. The average molecular weight is 218 g/mol. The number of nitrogens with two attached hydrogens (primary N) is 2. The van der Waals surface area contributed by atoms with E-state index < -0.39 is 27.3 Å². The summed E-state index contributed by atoms with van der Waals surface area (Å²) in [5, 5.41) is 4.77. The van der Waals surface area contributed by atoms with E-state index in [1.54, 1.807) is 0 Å². The summed E-state index contributed by atoms with van der Waals surface area (Å²) in [6.07, 6.45) is 0. The zero-order valence-electron chi connectivity index (χ0n) is 6.90. The Balaban J connectivity index is 3.42. The molecule has 0 aliphatic carbocycles. The van der Waals surface area contributed by atoms with Gasteiger partial charge in [0.25, 0.3) is 5.91 Å². The van der Waals surface area contributed by atoms with Gasteiger partial charge in [0.05, 0.1) is 10.5 Å². The van der Waals surface area contributed by atoms with E-state index in [9.17, 15) is 17.6 Å². The summed E-state index contributed by atoms with van der Waals surface area (Å²) in [6, 6.07) is 2.57. The number of benzene rings is 1. The highest BCUT2D eigenvalue weighted by molar-refractivity contribution is 7.89. The molecular formula is C7H7FN2O3S. The minimum absolute atomic E-state index is 0.354. The van der Waals surface area contributed by atoms with E-state index in [0.29, 0.717) is 0 Å². The second kappa shape index (κ2) is 3.35. The molecule has 1 rings (SSSR count). The molecule has 0 fully saturated rings. The van der Waals surface area contributed by atoms with Gasteiger partial charge in [0.15, 0.2) is 0 Å². The van der Waals surface area contributed by atoms with Gasteiger partial charge >= 0.3 is 0 Å². The molecule has 7 heteroatoms. The topological polar surface area (TPSA) is 103 Å². The Morgan fingerprint density at radius 2 is 1.93 bits per heavy atom.